The minimum Gasteiger partial charge on any atom is -0.322 e. The number of nitrogens with zero attached hydrogens (tertiary/aromatic N) is 2. The SMILES string of the molecule is O=C(Nc1ccc(-c2ccc(NC(=O)c3cc([N+](=O)[O-])ccc3Cl)cc2)cc1)Nc1cccnc1. The molecule has 3 N–H and O–H groups in total. The first-order valence-electron chi connectivity index (χ1n) is 10.3. The van der Waals surface area contributed by atoms with Gasteiger partial charge in [0.25, 0.3) is 11.6 Å². The van der Waals surface area contributed by atoms with Crippen molar-refractivity contribution in [3.63, 3.8) is 0 Å². The molecule has 0 bridgehead atoms. The van der Waals surface area contributed by atoms with Crippen molar-refractivity contribution in [1.29, 1.82) is 0 Å². The third-order valence-corrected chi connectivity index (χ3v) is 5.27. The number of urea groups is 1. The number of pyridine rings is 1. The molecule has 3 aromatic carbocycles. The Morgan fingerprint density at radius 2 is 1.40 bits per heavy atom. The van der Waals surface area contributed by atoms with E-state index in [2.05, 4.69) is 20.9 Å². The minimum absolute atomic E-state index is 0.0144. The maximum Gasteiger partial charge on any atom is 0.323 e. The summed E-state index contributed by atoms with van der Waals surface area (Å²) in [4.78, 5) is 39.0. The monoisotopic (exact) mass is 487 g/mol. The van der Waals surface area contributed by atoms with Crippen LogP contribution >= 0.6 is 11.6 Å². The van der Waals surface area contributed by atoms with Crippen LogP contribution in [0.2, 0.25) is 5.02 Å². The highest BCUT2D eigenvalue weighted by molar-refractivity contribution is 6.34. The standard InChI is InChI=1S/C25H18ClN5O4/c26-23-12-11-21(31(34)35)14-22(23)24(32)28-18-7-3-16(4-8-18)17-5-9-19(10-6-17)29-25(33)30-20-2-1-13-27-15-20/h1-15H,(H,28,32)(H2,29,30,33). The van der Waals surface area contributed by atoms with Gasteiger partial charge in [-0.1, -0.05) is 35.9 Å². The van der Waals surface area contributed by atoms with Crippen molar-refractivity contribution in [2.75, 3.05) is 16.0 Å². The third-order valence-electron chi connectivity index (χ3n) is 4.94. The van der Waals surface area contributed by atoms with Crippen molar-refractivity contribution in [2.45, 2.75) is 0 Å². The van der Waals surface area contributed by atoms with Gasteiger partial charge in [-0.2, -0.15) is 0 Å². The van der Waals surface area contributed by atoms with Gasteiger partial charge >= 0.3 is 6.03 Å². The summed E-state index contributed by atoms with van der Waals surface area (Å²) in [6.07, 6.45) is 3.17. The third kappa shape index (κ3) is 5.98. The molecule has 0 saturated heterocycles. The summed E-state index contributed by atoms with van der Waals surface area (Å²) in [5, 5.41) is 19.2. The van der Waals surface area contributed by atoms with Crippen LogP contribution in [0.3, 0.4) is 0 Å². The maximum absolute atomic E-state index is 12.5. The molecule has 4 aromatic rings. The minimum atomic E-state index is -0.587. The molecular formula is C25H18ClN5O4. The number of nitro benzene ring substituents is 1. The van der Waals surface area contributed by atoms with Gasteiger partial charge in [0.15, 0.2) is 0 Å². The van der Waals surface area contributed by atoms with Crippen molar-refractivity contribution in [3.8, 4) is 11.1 Å². The van der Waals surface area contributed by atoms with E-state index in [1.807, 2.05) is 24.3 Å². The Balaban J connectivity index is 1.39. The van der Waals surface area contributed by atoms with E-state index in [0.29, 0.717) is 17.1 Å². The molecule has 0 aliphatic carbocycles. The van der Waals surface area contributed by atoms with Crippen LogP contribution in [0, 0.1) is 10.1 Å². The van der Waals surface area contributed by atoms with E-state index in [4.69, 9.17) is 11.6 Å². The van der Waals surface area contributed by atoms with Gasteiger partial charge in [-0.05, 0) is 53.6 Å². The van der Waals surface area contributed by atoms with Crippen LogP contribution in [0.25, 0.3) is 11.1 Å². The first-order valence-corrected chi connectivity index (χ1v) is 10.7. The summed E-state index contributed by atoms with van der Waals surface area (Å²) in [6.45, 7) is 0. The molecule has 35 heavy (non-hydrogen) atoms. The summed E-state index contributed by atoms with van der Waals surface area (Å²) in [7, 11) is 0. The Morgan fingerprint density at radius 3 is 1.97 bits per heavy atom. The van der Waals surface area contributed by atoms with Crippen molar-refractivity contribution in [2.24, 2.45) is 0 Å². The summed E-state index contributed by atoms with van der Waals surface area (Å²) >= 11 is 6.04. The lowest BCUT2D eigenvalue weighted by Gasteiger charge is -2.10. The lowest BCUT2D eigenvalue weighted by atomic mass is 10.0. The van der Waals surface area contributed by atoms with Crippen LogP contribution in [0.5, 0.6) is 0 Å². The molecule has 3 amide bonds. The number of hydrogen-bond donors (Lipinski definition) is 3. The van der Waals surface area contributed by atoms with Gasteiger partial charge in [-0.25, -0.2) is 4.79 Å². The normalized spacial score (nSPS) is 10.3. The lowest BCUT2D eigenvalue weighted by molar-refractivity contribution is -0.384. The number of anilines is 3. The van der Waals surface area contributed by atoms with Gasteiger partial charge in [0.2, 0.25) is 0 Å². The zero-order valence-corrected chi connectivity index (χ0v) is 18.8. The molecule has 0 unspecified atom stereocenters. The van der Waals surface area contributed by atoms with Crippen molar-refractivity contribution < 1.29 is 14.5 Å². The molecule has 0 aliphatic heterocycles. The summed E-state index contributed by atoms with van der Waals surface area (Å²) in [5.41, 5.74) is 3.30. The van der Waals surface area contributed by atoms with Crippen molar-refractivity contribution in [1.82, 2.24) is 4.98 Å². The van der Waals surface area contributed by atoms with Gasteiger partial charge in [0, 0.05) is 29.7 Å². The number of carbonyl (C=O) groups is 2. The molecule has 1 heterocycles. The van der Waals surface area contributed by atoms with Gasteiger partial charge in [0.05, 0.1) is 27.4 Å². The lowest BCUT2D eigenvalue weighted by Crippen LogP contribution is -2.19. The number of rotatable bonds is 6. The van der Waals surface area contributed by atoms with E-state index in [-0.39, 0.29) is 22.3 Å². The van der Waals surface area contributed by atoms with Crippen molar-refractivity contribution >= 4 is 46.3 Å². The predicted octanol–water partition coefficient (Wildman–Crippen LogP) is 6.21. The number of nitro groups is 1. The molecule has 0 fully saturated rings. The topological polar surface area (TPSA) is 126 Å². The Labute approximate surface area is 204 Å². The zero-order chi connectivity index (χ0) is 24.8. The fourth-order valence-electron chi connectivity index (χ4n) is 3.22. The molecule has 174 valence electrons. The number of halogens is 1. The highest BCUT2D eigenvalue weighted by atomic mass is 35.5. The molecule has 9 nitrogen and oxygen atoms in total. The molecule has 0 spiro atoms. The molecule has 0 aliphatic rings. The molecule has 4 rings (SSSR count). The Hall–Kier alpha value is -4.76. The molecular weight excluding hydrogens is 470 g/mol. The number of benzene rings is 3. The Morgan fingerprint density at radius 1 is 0.800 bits per heavy atom. The average Bonchev–Trinajstić information content (AvgIpc) is 2.85. The Kier molecular flexibility index (Phi) is 6.99. The van der Waals surface area contributed by atoms with E-state index < -0.39 is 10.8 Å². The van der Waals surface area contributed by atoms with E-state index in [0.717, 1.165) is 17.2 Å². The molecule has 1 aromatic heterocycles. The molecule has 0 atom stereocenters. The highest BCUT2D eigenvalue weighted by Crippen LogP contribution is 2.26. The van der Waals surface area contributed by atoms with Crippen LogP contribution < -0.4 is 16.0 Å². The van der Waals surface area contributed by atoms with Crippen molar-refractivity contribution in [3.05, 3.63) is 112 Å². The van der Waals surface area contributed by atoms with Gasteiger partial charge in [-0.15, -0.1) is 0 Å². The molecule has 10 heteroatoms. The van der Waals surface area contributed by atoms with Crippen LogP contribution in [0.1, 0.15) is 10.4 Å². The van der Waals surface area contributed by atoms with Gasteiger partial charge in [0.1, 0.15) is 0 Å². The van der Waals surface area contributed by atoms with E-state index in [9.17, 15) is 19.7 Å². The fourth-order valence-corrected chi connectivity index (χ4v) is 3.42. The van der Waals surface area contributed by atoms with Crippen LogP contribution in [0.15, 0.2) is 91.3 Å². The number of carbonyl (C=O) groups excluding carboxylic acids is 2. The van der Waals surface area contributed by atoms with E-state index in [1.165, 1.54) is 12.1 Å². The number of nitrogens with one attached hydrogen (secondary N) is 3. The fraction of sp³-hybridized carbons (Fsp3) is 0. The predicted molar refractivity (Wildman–Crippen MR) is 135 cm³/mol. The van der Waals surface area contributed by atoms with E-state index in [1.54, 1.807) is 48.8 Å². The average molecular weight is 488 g/mol. The number of amides is 3. The summed E-state index contributed by atoms with van der Waals surface area (Å²) in [6, 6.07) is 21.1. The largest absolute Gasteiger partial charge is 0.323 e. The first-order chi connectivity index (χ1) is 16.9. The second-order valence-corrected chi connectivity index (χ2v) is 7.76. The van der Waals surface area contributed by atoms with E-state index >= 15 is 0 Å². The van der Waals surface area contributed by atoms with Gasteiger partial charge in [-0.3, -0.25) is 19.9 Å². The quantitative estimate of drug-likeness (QED) is 0.220. The van der Waals surface area contributed by atoms with Crippen LogP contribution in [0.4, 0.5) is 27.5 Å². The maximum atomic E-state index is 12.5. The second-order valence-electron chi connectivity index (χ2n) is 7.35. The summed E-state index contributed by atoms with van der Waals surface area (Å²) in [5.74, 6) is -0.550. The van der Waals surface area contributed by atoms with Crippen LogP contribution in [-0.2, 0) is 0 Å². The number of aromatic nitrogens is 1. The molecule has 0 saturated carbocycles. The molecule has 0 radical (unpaired) electrons. The zero-order valence-electron chi connectivity index (χ0n) is 18.1. The second kappa shape index (κ2) is 10.4. The first kappa shape index (κ1) is 23.4. The number of hydrogen-bond acceptors (Lipinski definition) is 5. The van der Waals surface area contributed by atoms with Gasteiger partial charge < -0.3 is 16.0 Å². The van der Waals surface area contributed by atoms with Crippen LogP contribution in [-0.4, -0.2) is 21.8 Å². The smallest absolute Gasteiger partial charge is 0.322 e. The highest BCUT2D eigenvalue weighted by Gasteiger charge is 2.16. The number of non-ortho nitro benzene ring substituents is 1. The Bertz CT molecular complexity index is 1380. The summed E-state index contributed by atoms with van der Waals surface area (Å²) < 4.78 is 0.